The predicted octanol–water partition coefficient (Wildman–Crippen LogP) is 2.49. The van der Waals surface area contributed by atoms with E-state index >= 15 is 0 Å². The maximum atomic E-state index is 10.2. The summed E-state index contributed by atoms with van der Waals surface area (Å²) in [4.78, 5) is 9.89. The van der Waals surface area contributed by atoms with Crippen molar-refractivity contribution < 1.29 is 4.79 Å². The second-order valence-electron chi connectivity index (χ2n) is 1.70. The summed E-state index contributed by atoms with van der Waals surface area (Å²) in [5, 5.41) is -0.284. The molecule has 5 heteroatoms. The third kappa shape index (κ3) is 8.76. The van der Waals surface area contributed by atoms with E-state index in [1.807, 2.05) is 0 Å². The van der Waals surface area contributed by atoms with E-state index in [0.717, 1.165) is 12.1 Å². The van der Waals surface area contributed by atoms with Crippen molar-refractivity contribution in [1.82, 2.24) is 0 Å². The Hall–Kier alpha value is 0.757. The van der Waals surface area contributed by atoms with E-state index in [-0.39, 0.29) is 10.1 Å². The molecule has 1 nitrogen and oxygen atoms in total. The lowest BCUT2D eigenvalue weighted by Crippen LogP contribution is -1.97. The van der Waals surface area contributed by atoms with Crippen LogP contribution in [0.2, 0.25) is 12.1 Å². The quantitative estimate of drug-likeness (QED) is 0.299. The third-order valence-corrected chi connectivity index (χ3v) is 3.11. The smallest absolute Gasteiger partial charge is 0.221 e. The lowest BCUT2D eigenvalue weighted by atomic mass is 10.5. The summed E-state index contributed by atoms with van der Waals surface area (Å²) in [5.41, 5.74) is 0. The molecule has 2 radical (unpaired) electrons. The van der Waals surface area contributed by atoms with Crippen molar-refractivity contribution in [1.29, 1.82) is 0 Å². The van der Waals surface area contributed by atoms with E-state index in [4.69, 9.17) is 34.8 Å². The minimum absolute atomic E-state index is 0.284. The molecular weight excluding hydrogens is 210 g/mol. The minimum Gasteiger partial charge on any atom is -0.281 e. The van der Waals surface area contributed by atoms with Crippen LogP contribution in [-0.4, -0.2) is 19.6 Å². The van der Waals surface area contributed by atoms with E-state index in [1.54, 1.807) is 0 Å². The van der Waals surface area contributed by atoms with Gasteiger partial charge in [-0.15, -0.1) is 23.2 Å². The van der Waals surface area contributed by atoms with Gasteiger partial charge in [0.05, 0.1) is 0 Å². The highest BCUT2D eigenvalue weighted by Gasteiger charge is 2.00. The summed E-state index contributed by atoms with van der Waals surface area (Å²) < 4.78 is 0. The molecular formula is C5H7Cl3OSi. The number of carbonyl (C=O) groups is 1. The molecule has 0 heterocycles. The maximum absolute atomic E-state index is 10.2. The average molecular weight is 218 g/mol. The highest BCUT2D eigenvalue weighted by Crippen LogP contribution is 2.08. The van der Waals surface area contributed by atoms with Gasteiger partial charge in [0.15, 0.2) is 0 Å². The van der Waals surface area contributed by atoms with Gasteiger partial charge in [-0.25, -0.2) is 0 Å². The molecule has 0 atom stereocenters. The van der Waals surface area contributed by atoms with Gasteiger partial charge in [-0.1, -0.05) is 6.04 Å². The lowest BCUT2D eigenvalue weighted by Gasteiger charge is -1.96. The van der Waals surface area contributed by atoms with Crippen LogP contribution < -0.4 is 0 Å². The number of hydrogen-bond acceptors (Lipinski definition) is 1. The first kappa shape index (κ1) is 10.8. The molecule has 0 aliphatic rings. The zero-order valence-electron chi connectivity index (χ0n) is 5.24. The Morgan fingerprint density at radius 3 is 2.50 bits per heavy atom. The Balaban J connectivity index is 2.98. The summed E-state index contributed by atoms with van der Waals surface area (Å²) in [6.45, 7) is 0. The first-order valence-corrected chi connectivity index (χ1v) is 5.46. The summed E-state index contributed by atoms with van der Waals surface area (Å²) in [6, 6.07) is 1.56. The van der Waals surface area contributed by atoms with Crippen LogP contribution in [0.4, 0.5) is 0 Å². The zero-order valence-corrected chi connectivity index (χ0v) is 8.51. The number of carbonyl (C=O) groups excluding carboxylic acids is 1. The minimum atomic E-state index is -0.302. The van der Waals surface area contributed by atoms with E-state index in [2.05, 4.69) is 0 Å². The average Bonchev–Trinajstić information content (AvgIpc) is 1.79. The van der Waals surface area contributed by atoms with Crippen LogP contribution in [0.3, 0.4) is 0 Å². The van der Waals surface area contributed by atoms with Gasteiger partial charge >= 0.3 is 0 Å². The molecule has 0 bridgehead atoms. The van der Waals surface area contributed by atoms with Crippen molar-refractivity contribution in [2.45, 2.75) is 23.3 Å². The Morgan fingerprint density at radius 2 is 2.10 bits per heavy atom. The molecule has 0 rings (SSSR count). The molecule has 0 N–H and O–H groups in total. The third-order valence-electron chi connectivity index (χ3n) is 0.797. The van der Waals surface area contributed by atoms with Crippen LogP contribution in [0.5, 0.6) is 0 Å². The highest BCUT2D eigenvalue weighted by atomic mass is 35.5. The summed E-state index contributed by atoms with van der Waals surface area (Å²) >= 11 is 16.0. The van der Waals surface area contributed by atoms with Crippen LogP contribution in [0.1, 0.15) is 6.42 Å². The fourth-order valence-electron chi connectivity index (χ4n) is 0.398. The van der Waals surface area contributed by atoms with Crippen LogP contribution in [0.15, 0.2) is 0 Å². The Labute approximate surface area is 77.8 Å². The maximum Gasteiger partial charge on any atom is 0.221 e. The second-order valence-corrected chi connectivity index (χ2v) is 4.81. The molecule has 0 fully saturated rings. The molecule has 10 heavy (non-hydrogen) atoms. The molecule has 58 valence electrons. The van der Waals surface area contributed by atoms with Gasteiger partial charge in [0.25, 0.3) is 0 Å². The van der Waals surface area contributed by atoms with Crippen LogP contribution >= 0.6 is 34.8 Å². The van der Waals surface area contributed by atoms with E-state index < -0.39 is 0 Å². The van der Waals surface area contributed by atoms with Crippen molar-refractivity contribution in [2.24, 2.45) is 0 Å². The first-order valence-electron chi connectivity index (χ1n) is 2.80. The van der Waals surface area contributed by atoms with Gasteiger partial charge in [0, 0.05) is 15.9 Å². The molecule has 0 spiro atoms. The molecule has 0 saturated carbocycles. The van der Waals surface area contributed by atoms with E-state index in [0.29, 0.717) is 15.9 Å². The van der Waals surface area contributed by atoms with Gasteiger partial charge in [0.2, 0.25) is 5.24 Å². The normalized spacial score (nSPS) is 10.4. The van der Waals surface area contributed by atoms with E-state index in [9.17, 15) is 4.79 Å². The molecule has 0 saturated heterocycles. The topological polar surface area (TPSA) is 17.1 Å². The predicted molar refractivity (Wildman–Crippen MR) is 46.3 cm³/mol. The van der Waals surface area contributed by atoms with Crippen molar-refractivity contribution >= 4 is 49.6 Å². The second kappa shape index (κ2) is 6.47. The van der Waals surface area contributed by atoms with Gasteiger partial charge < -0.3 is 0 Å². The molecule has 0 amide bonds. The van der Waals surface area contributed by atoms with Gasteiger partial charge in [-0.2, -0.15) is 0 Å². The Bertz CT molecular complexity index is 107. The number of halogens is 3. The first-order chi connectivity index (χ1) is 4.63. The van der Waals surface area contributed by atoms with E-state index in [1.165, 1.54) is 0 Å². The SMILES string of the molecule is O=C(Cl)CC[Si]CC(Cl)Cl. The zero-order chi connectivity index (χ0) is 7.98. The molecule has 0 unspecified atom stereocenters. The summed E-state index contributed by atoms with van der Waals surface area (Å²) in [7, 11) is 0.636. The van der Waals surface area contributed by atoms with Crippen LogP contribution in [0.25, 0.3) is 0 Å². The Kier molecular flexibility index (Phi) is 6.96. The van der Waals surface area contributed by atoms with Crippen LogP contribution in [-0.2, 0) is 4.79 Å². The Morgan fingerprint density at radius 1 is 1.50 bits per heavy atom. The molecule has 0 aliphatic heterocycles. The number of rotatable bonds is 5. The lowest BCUT2D eigenvalue weighted by molar-refractivity contribution is -0.111. The van der Waals surface area contributed by atoms with Crippen LogP contribution in [0, 0.1) is 0 Å². The largest absolute Gasteiger partial charge is 0.281 e. The van der Waals surface area contributed by atoms with Crippen molar-refractivity contribution in [2.75, 3.05) is 0 Å². The molecule has 0 aliphatic carbocycles. The standard InChI is InChI=1S/C5H7Cl3OSi/c6-4(7)3-10-2-1-5(8)9/h4H,1-3H2. The highest BCUT2D eigenvalue weighted by molar-refractivity contribution is 6.64. The van der Waals surface area contributed by atoms with Crippen molar-refractivity contribution in [3.05, 3.63) is 0 Å². The monoisotopic (exact) mass is 216 g/mol. The molecule has 0 aromatic heterocycles. The molecule has 0 aromatic carbocycles. The molecule has 0 aromatic rings. The fraction of sp³-hybridized carbons (Fsp3) is 0.800. The van der Waals surface area contributed by atoms with Crippen molar-refractivity contribution in [3.8, 4) is 0 Å². The summed E-state index contributed by atoms with van der Waals surface area (Å²) in [6.07, 6.45) is 0.431. The van der Waals surface area contributed by atoms with Gasteiger partial charge in [-0.3, -0.25) is 4.79 Å². The number of alkyl halides is 2. The van der Waals surface area contributed by atoms with Gasteiger partial charge in [-0.05, 0) is 17.6 Å². The number of hydrogen-bond donors (Lipinski definition) is 0. The fourth-order valence-corrected chi connectivity index (χ4v) is 2.13. The van der Waals surface area contributed by atoms with Gasteiger partial charge in [0.1, 0.15) is 4.84 Å². The van der Waals surface area contributed by atoms with Crippen molar-refractivity contribution in [3.63, 3.8) is 0 Å². The summed E-state index contributed by atoms with van der Waals surface area (Å²) in [5.74, 6) is 0.